The Morgan fingerprint density at radius 1 is 1.00 bits per heavy atom. The Kier molecular flexibility index (Phi) is 5.84. The maximum atomic E-state index is 12.4. The van der Waals surface area contributed by atoms with Gasteiger partial charge in [-0.3, -0.25) is 19.0 Å². The Bertz CT molecular complexity index is 1050. The quantitative estimate of drug-likeness (QED) is 0.617. The summed E-state index contributed by atoms with van der Waals surface area (Å²) in [6.45, 7) is 7.40. The summed E-state index contributed by atoms with van der Waals surface area (Å²) >= 11 is 1.52. The lowest BCUT2D eigenvalue weighted by molar-refractivity contribution is 0.121. The van der Waals surface area contributed by atoms with Gasteiger partial charge in [-0.25, -0.2) is 4.98 Å². The number of benzene rings is 1. The number of fused-ring (bicyclic) bond motifs is 1. The van der Waals surface area contributed by atoms with Crippen LogP contribution in [0, 0.1) is 6.92 Å². The Morgan fingerprint density at radius 3 is 2.38 bits per heavy atom. The molecule has 1 fully saturated rings. The molecule has 0 atom stereocenters. The largest absolute Gasteiger partial charge is 0.493 e. The van der Waals surface area contributed by atoms with Crippen LogP contribution in [0.2, 0.25) is 0 Å². The van der Waals surface area contributed by atoms with Gasteiger partial charge >= 0.3 is 0 Å². The van der Waals surface area contributed by atoms with Gasteiger partial charge in [0.2, 0.25) is 0 Å². The molecule has 2 aromatic heterocycles. The topological polar surface area (TPSA) is 59.3 Å². The Hall–Kier alpha value is -2.42. The highest BCUT2D eigenvalue weighted by Gasteiger charge is 2.19. The summed E-state index contributed by atoms with van der Waals surface area (Å²) in [5.41, 5.74) is 3.02. The molecular weight excluding hydrogens is 388 g/mol. The van der Waals surface area contributed by atoms with Crippen molar-refractivity contribution in [3.05, 3.63) is 57.0 Å². The normalized spacial score (nSPS) is 15.7. The molecular formula is C21H26N4O3S. The minimum Gasteiger partial charge on any atom is -0.493 e. The zero-order chi connectivity index (χ0) is 20.4. The molecule has 0 bridgehead atoms. The summed E-state index contributed by atoms with van der Waals surface area (Å²) in [4.78, 5) is 22.6. The molecule has 0 amide bonds. The highest BCUT2D eigenvalue weighted by atomic mass is 32.1. The van der Waals surface area contributed by atoms with Crippen molar-refractivity contribution in [2.24, 2.45) is 0 Å². The SMILES string of the molecule is COc1ccc(CN2CCN(Cc3cc(=O)n4c(C)csc4n3)CC2)cc1OC. The van der Waals surface area contributed by atoms with Gasteiger partial charge < -0.3 is 9.47 Å². The maximum absolute atomic E-state index is 12.4. The Labute approximate surface area is 174 Å². The van der Waals surface area contributed by atoms with E-state index in [1.54, 1.807) is 24.7 Å². The molecule has 0 N–H and O–H groups in total. The monoisotopic (exact) mass is 414 g/mol. The van der Waals surface area contributed by atoms with Crippen molar-refractivity contribution in [2.45, 2.75) is 20.0 Å². The van der Waals surface area contributed by atoms with Crippen molar-refractivity contribution in [1.29, 1.82) is 0 Å². The third kappa shape index (κ3) is 4.29. The van der Waals surface area contributed by atoms with E-state index in [2.05, 4.69) is 20.9 Å². The van der Waals surface area contributed by atoms with Gasteiger partial charge in [-0.05, 0) is 24.6 Å². The average Bonchev–Trinajstić information content (AvgIpc) is 3.10. The van der Waals surface area contributed by atoms with Crippen molar-refractivity contribution in [3.63, 3.8) is 0 Å². The van der Waals surface area contributed by atoms with Crippen LogP contribution in [0.5, 0.6) is 11.5 Å². The van der Waals surface area contributed by atoms with Crippen LogP contribution in [0.4, 0.5) is 0 Å². The van der Waals surface area contributed by atoms with Gasteiger partial charge in [0, 0.05) is 56.4 Å². The molecule has 1 saturated heterocycles. The van der Waals surface area contributed by atoms with E-state index in [0.29, 0.717) is 6.54 Å². The van der Waals surface area contributed by atoms with E-state index in [9.17, 15) is 4.79 Å². The van der Waals surface area contributed by atoms with Crippen LogP contribution >= 0.6 is 11.3 Å². The summed E-state index contributed by atoms with van der Waals surface area (Å²) in [6, 6.07) is 7.75. The first-order valence-electron chi connectivity index (χ1n) is 9.70. The Morgan fingerprint density at radius 2 is 1.69 bits per heavy atom. The molecule has 154 valence electrons. The lowest BCUT2D eigenvalue weighted by atomic mass is 10.1. The third-order valence-electron chi connectivity index (χ3n) is 5.33. The lowest BCUT2D eigenvalue weighted by Crippen LogP contribution is -2.45. The van der Waals surface area contributed by atoms with Gasteiger partial charge in [-0.15, -0.1) is 11.3 Å². The van der Waals surface area contributed by atoms with E-state index in [0.717, 1.165) is 60.6 Å². The molecule has 8 heteroatoms. The van der Waals surface area contributed by atoms with E-state index >= 15 is 0 Å². The van der Waals surface area contributed by atoms with Gasteiger partial charge in [0.1, 0.15) is 0 Å². The van der Waals surface area contributed by atoms with Crippen molar-refractivity contribution in [1.82, 2.24) is 19.2 Å². The highest BCUT2D eigenvalue weighted by Crippen LogP contribution is 2.28. The zero-order valence-corrected chi connectivity index (χ0v) is 17.9. The molecule has 3 heterocycles. The highest BCUT2D eigenvalue weighted by molar-refractivity contribution is 7.15. The number of aryl methyl sites for hydroxylation is 1. The van der Waals surface area contributed by atoms with E-state index < -0.39 is 0 Å². The number of piperazine rings is 1. The van der Waals surface area contributed by atoms with Crippen molar-refractivity contribution in [3.8, 4) is 11.5 Å². The van der Waals surface area contributed by atoms with Crippen molar-refractivity contribution in [2.75, 3.05) is 40.4 Å². The smallest absolute Gasteiger partial charge is 0.259 e. The van der Waals surface area contributed by atoms with E-state index in [4.69, 9.17) is 9.47 Å². The molecule has 0 saturated carbocycles. The molecule has 1 aliphatic heterocycles. The second-order valence-corrected chi connectivity index (χ2v) is 8.16. The van der Waals surface area contributed by atoms with E-state index in [1.807, 2.05) is 24.4 Å². The summed E-state index contributed by atoms with van der Waals surface area (Å²) < 4.78 is 12.4. The third-order valence-corrected chi connectivity index (χ3v) is 6.28. The predicted molar refractivity (Wildman–Crippen MR) is 114 cm³/mol. The number of hydrogen-bond acceptors (Lipinski definition) is 7. The maximum Gasteiger partial charge on any atom is 0.259 e. The van der Waals surface area contributed by atoms with Gasteiger partial charge in [-0.2, -0.15) is 0 Å². The summed E-state index contributed by atoms with van der Waals surface area (Å²) in [7, 11) is 3.31. The van der Waals surface area contributed by atoms with Gasteiger partial charge in [0.05, 0.1) is 19.9 Å². The van der Waals surface area contributed by atoms with Crippen LogP contribution < -0.4 is 15.0 Å². The van der Waals surface area contributed by atoms with Crippen LogP contribution in [-0.2, 0) is 13.1 Å². The Balaban J connectivity index is 1.36. The lowest BCUT2D eigenvalue weighted by Gasteiger charge is -2.34. The van der Waals surface area contributed by atoms with Crippen LogP contribution in [0.25, 0.3) is 4.96 Å². The number of nitrogens with zero attached hydrogens (tertiary/aromatic N) is 4. The van der Waals surface area contributed by atoms with Gasteiger partial charge in [0.15, 0.2) is 16.5 Å². The zero-order valence-electron chi connectivity index (χ0n) is 17.1. The number of aromatic nitrogens is 2. The number of ether oxygens (including phenoxy) is 2. The fraction of sp³-hybridized carbons (Fsp3) is 0.429. The fourth-order valence-corrected chi connectivity index (χ4v) is 4.64. The summed E-state index contributed by atoms with van der Waals surface area (Å²) in [6.07, 6.45) is 0. The first kappa shape index (κ1) is 19.9. The number of rotatable bonds is 6. The molecule has 0 aliphatic carbocycles. The second kappa shape index (κ2) is 8.52. The second-order valence-electron chi connectivity index (χ2n) is 7.32. The van der Waals surface area contributed by atoms with Gasteiger partial charge in [-0.1, -0.05) is 6.07 Å². The van der Waals surface area contributed by atoms with E-state index in [-0.39, 0.29) is 5.56 Å². The van der Waals surface area contributed by atoms with Crippen LogP contribution in [0.1, 0.15) is 17.0 Å². The van der Waals surface area contributed by atoms with Gasteiger partial charge in [0.25, 0.3) is 5.56 Å². The standard InChI is InChI=1S/C21H26N4O3S/c1-15-14-29-21-22-17(11-20(26)25(15)21)13-24-8-6-23(7-9-24)12-16-4-5-18(27-2)19(10-16)28-3/h4-5,10-11,14H,6-9,12-13H2,1-3H3. The minimum absolute atomic E-state index is 0.0100. The number of hydrogen-bond donors (Lipinski definition) is 0. The molecule has 4 rings (SSSR count). The number of thiazole rings is 1. The molecule has 7 nitrogen and oxygen atoms in total. The first-order chi connectivity index (χ1) is 14.1. The molecule has 0 unspecified atom stereocenters. The fourth-order valence-electron chi connectivity index (χ4n) is 3.75. The predicted octanol–water partition coefficient (Wildman–Crippen LogP) is 2.40. The van der Waals surface area contributed by atoms with E-state index in [1.165, 1.54) is 16.9 Å². The van der Waals surface area contributed by atoms with Crippen LogP contribution in [-0.4, -0.2) is 59.6 Å². The molecule has 0 spiro atoms. The molecule has 0 radical (unpaired) electrons. The molecule has 3 aromatic rings. The first-order valence-corrected chi connectivity index (χ1v) is 10.6. The minimum atomic E-state index is 0.0100. The van der Waals surface area contributed by atoms with Crippen LogP contribution in [0.3, 0.4) is 0 Å². The van der Waals surface area contributed by atoms with Crippen molar-refractivity contribution >= 4 is 16.3 Å². The average molecular weight is 415 g/mol. The summed E-state index contributed by atoms with van der Waals surface area (Å²) in [5, 5.41) is 1.97. The number of methoxy groups -OCH3 is 2. The van der Waals surface area contributed by atoms with Crippen molar-refractivity contribution < 1.29 is 9.47 Å². The summed E-state index contributed by atoms with van der Waals surface area (Å²) in [5.74, 6) is 1.52. The molecule has 1 aliphatic rings. The molecule has 29 heavy (non-hydrogen) atoms. The molecule has 1 aromatic carbocycles. The van der Waals surface area contributed by atoms with Crippen LogP contribution in [0.15, 0.2) is 34.4 Å².